The third-order valence-electron chi connectivity index (χ3n) is 4.89. The molecule has 4 rings (SSSR count). The molecule has 2 aromatic heterocycles. The largest absolute Gasteiger partial charge is 0.462 e. The van der Waals surface area contributed by atoms with Gasteiger partial charge in [0.1, 0.15) is 10.7 Å². The van der Waals surface area contributed by atoms with Crippen LogP contribution in [0.5, 0.6) is 0 Å². The molecule has 0 fully saturated rings. The van der Waals surface area contributed by atoms with Gasteiger partial charge in [-0.3, -0.25) is 4.79 Å². The van der Waals surface area contributed by atoms with Gasteiger partial charge in [0.05, 0.1) is 23.7 Å². The fourth-order valence-electron chi connectivity index (χ4n) is 3.34. The Kier molecular flexibility index (Phi) is 5.67. The zero-order valence-electron chi connectivity index (χ0n) is 16.9. The first-order chi connectivity index (χ1) is 14.8. The third kappa shape index (κ3) is 4.40. The Morgan fingerprint density at radius 1 is 1.26 bits per heavy atom. The summed E-state index contributed by atoms with van der Waals surface area (Å²) >= 11 is 1.07. The van der Waals surface area contributed by atoms with Crippen molar-refractivity contribution in [1.29, 1.82) is 0 Å². The second-order valence-electron chi connectivity index (χ2n) is 7.17. The van der Waals surface area contributed by atoms with Gasteiger partial charge in [0.15, 0.2) is 9.84 Å². The molecule has 0 aliphatic carbocycles. The molecule has 31 heavy (non-hydrogen) atoms. The summed E-state index contributed by atoms with van der Waals surface area (Å²) in [5.41, 5.74) is 3.24. The first-order valence-electron chi connectivity index (χ1n) is 9.64. The number of rotatable bonds is 5. The number of carbonyl (C=O) groups excluding carboxylic acids is 2. The second kappa shape index (κ2) is 8.27. The van der Waals surface area contributed by atoms with E-state index in [1.165, 1.54) is 6.07 Å². The summed E-state index contributed by atoms with van der Waals surface area (Å²) in [4.78, 5) is 25.9. The summed E-state index contributed by atoms with van der Waals surface area (Å²) in [6.45, 7) is 3.82. The quantitative estimate of drug-likeness (QED) is 0.578. The van der Waals surface area contributed by atoms with Gasteiger partial charge >= 0.3 is 5.97 Å². The molecule has 1 amide bonds. The maximum atomic E-state index is 12.8. The minimum absolute atomic E-state index is 0.0237. The van der Waals surface area contributed by atoms with Crippen LogP contribution in [0.4, 0.5) is 5.00 Å². The number of fused-ring (bicyclic) bond motifs is 1. The SMILES string of the molecule is CCOC(=O)c1c(NC(=O)c2cc(-c3ccc(C)cc3)no2)sc2c1CCS(=O)(=O)C2. The highest BCUT2D eigenvalue weighted by Gasteiger charge is 2.32. The summed E-state index contributed by atoms with van der Waals surface area (Å²) in [5.74, 6) is -1.40. The van der Waals surface area contributed by atoms with Crippen LogP contribution in [-0.2, 0) is 26.7 Å². The topological polar surface area (TPSA) is 116 Å². The lowest BCUT2D eigenvalue weighted by molar-refractivity contribution is 0.0527. The third-order valence-corrected chi connectivity index (χ3v) is 7.78. The van der Waals surface area contributed by atoms with Crippen molar-refractivity contribution in [2.45, 2.75) is 26.0 Å². The van der Waals surface area contributed by atoms with Crippen molar-refractivity contribution in [3.05, 3.63) is 57.7 Å². The number of benzene rings is 1. The van der Waals surface area contributed by atoms with E-state index >= 15 is 0 Å². The summed E-state index contributed by atoms with van der Waals surface area (Å²) in [5, 5.41) is 6.87. The van der Waals surface area contributed by atoms with Crippen molar-refractivity contribution in [3.63, 3.8) is 0 Å². The highest BCUT2D eigenvalue weighted by Crippen LogP contribution is 2.38. The lowest BCUT2D eigenvalue weighted by Crippen LogP contribution is -2.20. The molecule has 10 heteroatoms. The van der Waals surface area contributed by atoms with Gasteiger partial charge in [0.2, 0.25) is 5.76 Å². The van der Waals surface area contributed by atoms with Crippen LogP contribution in [0.2, 0.25) is 0 Å². The fourth-order valence-corrected chi connectivity index (χ4v) is 6.37. The van der Waals surface area contributed by atoms with Crippen LogP contribution in [0.3, 0.4) is 0 Å². The highest BCUT2D eigenvalue weighted by atomic mass is 32.2. The minimum Gasteiger partial charge on any atom is -0.462 e. The summed E-state index contributed by atoms with van der Waals surface area (Å²) in [7, 11) is -3.23. The second-order valence-corrected chi connectivity index (χ2v) is 10.5. The van der Waals surface area contributed by atoms with Gasteiger partial charge in [-0.25, -0.2) is 13.2 Å². The molecular weight excluding hydrogens is 440 g/mol. The van der Waals surface area contributed by atoms with Crippen LogP contribution >= 0.6 is 11.3 Å². The zero-order valence-corrected chi connectivity index (χ0v) is 18.6. The Balaban J connectivity index is 1.63. The van der Waals surface area contributed by atoms with E-state index in [2.05, 4.69) is 10.5 Å². The Labute approximate surface area is 183 Å². The number of ether oxygens (including phenoxy) is 1. The van der Waals surface area contributed by atoms with Crippen molar-refractivity contribution in [1.82, 2.24) is 5.16 Å². The molecule has 3 heterocycles. The van der Waals surface area contributed by atoms with Crippen LogP contribution < -0.4 is 5.32 Å². The van der Waals surface area contributed by atoms with Crippen molar-refractivity contribution in [2.24, 2.45) is 0 Å². The normalized spacial score (nSPS) is 14.6. The molecule has 1 aromatic carbocycles. The first kappa shape index (κ1) is 21.3. The minimum atomic E-state index is -3.23. The lowest BCUT2D eigenvalue weighted by Gasteiger charge is -2.13. The molecule has 162 valence electrons. The molecule has 1 aliphatic rings. The predicted octanol–water partition coefficient (Wildman–Crippen LogP) is 3.61. The number of nitrogens with one attached hydrogen (secondary N) is 1. The first-order valence-corrected chi connectivity index (χ1v) is 12.3. The number of hydrogen-bond donors (Lipinski definition) is 1. The highest BCUT2D eigenvalue weighted by molar-refractivity contribution is 7.90. The van der Waals surface area contributed by atoms with Gasteiger partial charge in [0, 0.05) is 16.5 Å². The van der Waals surface area contributed by atoms with Gasteiger partial charge in [-0.2, -0.15) is 0 Å². The number of aromatic nitrogens is 1. The molecule has 1 aliphatic heterocycles. The van der Waals surface area contributed by atoms with E-state index in [4.69, 9.17) is 9.26 Å². The lowest BCUT2D eigenvalue weighted by atomic mass is 10.1. The standard InChI is InChI=1S/C21H20N2O6S2/c1-3-28-21(25)18-14-8-9-31(26,27)11-17(14)30-20(18)22-19(24)16-10-15(23-29-16)13-6-4-12(2)5-7-13/h4-7,10H,3,8-9,11H2,1-2H3,(H,22,24). The Morgan fingerprint density at radius 3 is 2.71 bits per heavy atom. The summed E-state index contributed by atoms with van der Waals surface area (Å²) < 4.78 is 34.4. The molecule has 0 atom stereocenters. The molecule has 3 aromatic rings. The number of sulfone groups is 1. The summed E-state index contributed by atoms with van der Waals surface area (Å²) in [6, 6.07) is 9.13. The van der Waals surface area contributed by atoms with Crippen LogP contribution in [-0.4, -0.2) is 37.8 Å². The average molecular weight is 461 g/mol. The van der Waals surface area contributed by atoms with Crippen molar-refractivity contribution < 1.29 is 27.3 Å². The number of amides is 1. The maximum Gasteiger partial charge on any atom is 0.341 e. The number of nitrogens with zero attached hydrogens (tertiary/aromatic N) is 1. The van der Waals surface area contributed by atoms with Crippen LogP contribution in [0, 0.1) is 6.92 Å². The Hall–Kier alpha value is -2.98. The van der Waals surface area contributed by atoms with Gasteiger partial charge < -0.3 is 14.6 Å². The predicted molar refractivity (Wildman–Crippen MR) is 116 cm³/mol. The van der Waals surface area contributed by atoms with E-state index in [1.807, 2.05) is 31.2 Å². The molecular formula is C21H20N2O6S2. The number of thiophene rings is 1. The van der Waals surface area contributed by atoms with Crippen molar-refractivity contribution in [3.8, 4) is 11.3 Å². The summed E-state index contributed by atoms with van der Waals surface area (Å²) in [6.07, 6.45) is 0.206. The van der Waals surface area contributed by atoms with E-state index < -0.39 is 21.7 Å². The van der Waals surface area contributed by atoms with Gasteiger partial charge in [-0.05, 0) is 25.8 Å². The fraction of sp³-hybridized carbons (Fsp3) is 0.286. The monoisotopic (exact) mass is 460 g/mol. The molecule has 0 saturated carbocycles. The van der Waals surface area contributed by atoms with Crippen LogP contribution in [0.1, 0.15) is 43.8 Å². The Morgan fingerprint density at radius 2 is 2.00 bits per heavy atom. The maximum absolute atomic E-state index is 12.8. The molecule has 0 spiro atoms. The molecule has 0 unspecified atom stereocenters. The van der Waals surface area contributed by atoms with E-state index in [1.54, 1.807) is 6.92 Å². The number of carbonyl (C=O) groups is 2. The molecule has 0 saturated heterocycles. The number of anilines is 1. The van der Waals surface area contributed by atoms with E-state index in [0.717, 1.165) is 22.5 Å². The van der Waals surface area contributed by atoms with Crippen molar-refractivity contribution in [2.75, 3.05) is 17.7 Å². The van der Waals surface area contributed by atoms with Gasteiger partial charge in [-0.1, -0.05) is 35.0 Å². The van der Waals surface area contributed by atoms with Crippen LogP contribution in [0.25, 0.3) is 11.3 Å². The van der Waals surface area contributed by atoms with Gasteiger partial charge in [-0.15, -0.1) is 11.3 Å². The zero-order chi connectivity index (χ0) is 22.2. The van der Waals surface area contributed by atoms with E-state index in [0.29, 0.717) is 16.1 Å². The van der Waals surface area contributed by atoms with Gasteiger partial charge in [0.25, 0.3) is 5.91 Å². The van der Waals surface area contributed by atoms with E-state index in [9.17, 15) is 18.0 Å². The average Bonchev–Trinajstić information content (AvgIpc) is 3.32. The molecule has 1 N–H and O–H groups in total. The molecule has 8 nitrogen and oxygen atoms in total. The number of esters is 1. The number of hydrogen-bond acceptors (Lipinski definition) is 8. The smallest absolute Gasteiger partial charge is 0.341 e. The molecule has 0 bridgehead atoms. The van der Waals surface area contributed by atoms with E-state index in [-0.39, 0.29) is 40.9 Å². The van der Waals surface area contributed by atoms with Crippen molar-refractivity contribution >= 4 is 38.1 Å². The molecule has 0 radical (unpaired) electrons. The Bertz CT molecular complexity index is 1260. The van der Waals surface area contributed by atoms with Crippen LogP contribution in [0.15, 0.2) is 34.9 Å². The number of aryl methyl sites for hydroxylation is 1.